The Morgan fingerprint density at radius 2 is 2.27 bits per heavy atom. The van der Waals surface area contributed by atoms with Gasteiger partial charge in [0.05, 0.1) is 13.2 Å². The number of ether oxygens (including phenoxy) is 1. The standard InChI is InChI=1S/C11H18N2OS/c12-9-10-1-3-11(4-2-10)15-13-5-7-14-8-6-13/h1-3,11H,4-9,12H2. The summed E-state index contributed by atoms with van der Waals surface area (Å²) in [5, 5.41) is 0.582. The van der Waals surface area contributed by atoms with Crippen molar-refractivity contribution in [2.45, 2.75) is 11.7 Å². The molecule has 0 spiro atoms. The number of nitrogens with zero attached hydrogens (tertiary/aromatic N) is 1. The highest BCUT2D eigenvalue weighted by molar-refractivity contribution is 7.97. The van der Waals surface area contributed by atoms with Crippen LogP contribution in [0.3, 0.4) is 0 Å². The third-order valence-electron chi connectivity index (χ3n) is 2.63. The summed E-state index contributed by atoms with van der Waals surface area (Å²) in [4.78, 5) is 0. The Bertz CT molecular complexity index is 259. The van der Waals surface area contributed by atoms with Crippen LogP contribution >= 0.6 is 11.9 Å². The van der Waals surface area contributed by atoms with E-state index in [0.717, 1.165) is 32.7 Å². The fourth-order valence-corrected chi connectivity index (χ4v) is 2.79. The molecule has 1 aliphatic carbocycles. The highest BCUT2D eigenvalue weighted by Gasteiger charge is 2.16. The summed E-state index contributed by atoms with van der Waals surface area (Å²) in [7, 11) is 0. The van der Waals surface area contributed by atoms with Crippen LogP contribution in [0.5, 0.6) is 0 Å². The second kappa shape index (κ2) is 5.70. The molecule has 0 aromatic carbocycles. The van der Waals surface area contributed by atoms with Gasteiger partial charge in [0.2, 0.25) is 0 Å². The molecule has 2 N–H and O–H groups in total. The molecule has 2 rings (SSSR count). The van der Waals surface area contributed by atoms with Crippen LogP contribution < -0.4 is 5.73 Å². The SMILES string of the molecule is NCC1=CCC(SN2CCOCC2)C=C1. The molecule has 4 heteroatoms. The molecule has 1 atom stereocenters. The Kier molecular flexibility index (Phi) is 4.26. The highest BCUT2D eigenvalue weighted by atomic mass is 32.2. The summed E-state index contributed by atoms with van der Waals surface area (Å²) in [6.07, 6.45) is 7.77. The quantitative estimate of drug-likeness (QED) is 0.733. The lowest BCUT2D eigenvalue weighted by Crippen LogP contribution is -2.32. The number of rotatable bonds is 3. The Hall–Kier alpha value is -0.290. The van der Waals surface area contributed by atoms with Crippen molar-refractivity contribution in [1.29, 1.82) is 0 Å². The molecule has 0 amide bonds. The molecule has 84 valence electrons. The van der Waals surface area contributed by atoms with E-state index in [2.05, 4.69) is 22.5 Å². The topological polar surface area (TPSA) is 38.5 Å². The monoisotopic (exact) mass is 226 g/mol. The van der Waals surface area contributed by atoms with Gasteiger partial charge in [0.25, 0.3) is 0 Å². The van der Waals surface area contributed by atoms with Crippen molar-refractivity contribution < 1.29 is 4.74 Å². The second-order valence-corrected chi connectivity index (χ2v) is 5.10. The first-order valence-corrected chi connectivity index (χ1v) is 6.29. The smallest absolute Gasteiger partial charge is 0.0603 e. The summed E-state index contributed by atoms with van der Waals surface area (Å²) in [6, 6.07) is 0. The van der Waals surface area contributed by atoms with Crippen molar-refractivity contribution in [2.75, 3.05) is 32.8 Å². The minimum absolute atomic E-state index is 0.582. The van der Waals surface area contributed by atoms with Gasteiger partial charge >= 0.3 is 0 Å². The van der Waals surface area contributed by atoms with Crippen LogP contribution in [0.15, 0.2) is 23.8 Å². The zero-order valence-corrected chi connectivity index (χ0v) is 9.71. The number of hydrogen-bond acceptors (Lipinski definition) is 4. The molecule has 0 aromatic heterocycles. The Balaban J connectivity index is 1.77. The fourth-order valence-electron chi connectivity index (χ4n) is 1.72. The Labute approximate surface area is 95.5 Å². The first-order chi connectivity index (χ1) is 7.38. The third-order valence-corrected chi connectivity index (χ3v) is 3.91. The molecule has 0 radical (unpaired) electrons. The molecular formula is C11H18N2OS. The van der Waals surface area contributed by atoms with Crippen LogP contribution in [0.4, 0.5) is 0 Å². The molecule has 1 unspecified atom stereocenters. The van der Waals surface area contributed by atoms with E-state index in [9.17, 15) is 0 Å². The van der Waals surface area contributed by atoms with E-state index in [-0.39, 0.29) is 0 Å². The number of hydrogen-bond donors (Lipinski definition) is 1. The first-order valence-electron chi connectivity index (χ1n) is 5.45. The molecular weight excluding hydrogens is 208 g/mol. The maximum absolute atomic E-state index is 5.58. The summed E-state index contributed by atoms with van der Waals surface area (Å²) < 4.78 is 7.72. The Morgan fingerprint density at radius 3 is 2.87 bits per heavy atom. The van der Waals surface area contributed by atoms with Gasteiger partial charge in [0.1, 0.15) is 0 Å². The molecule has 1 fully saturated rings. The largest absolute Gasteiger partial charge is 0.379 e. The van der Waals surface area contributed by atoms with Crippen molar-refractivity contribution >= 4 is 11.9 Å². The number of allylic oxidation sites excluding steroid dienone is 1. The van der Waals surface area contributed by atoms with Crippen molar-refractivity contribution in [3.63, 3.8) is 0 Å². The summed E-state index contributed by atoms with van der Waals surface area (Å²) in [5.41, 5.74) is 6.84. The predicted molar refractivity (Wildman–Crippen MR) is 64.7 cm³/mol. The molecule has 3 nitrogen and oxygen atoms in total. The Morgan fingerprint density at radius 1 is 1.47 bits per heavy atom. The molecule has 15 heavy (non-hydrogen) atoms. The van der Waals surface area contributed by atoms with E-state index in [1.807, 2.05) is 11.9 Å². The van der Waals surface area contributed by atoms with Gasteiger partial charge in [-0.2, -0.15) is 0 Å². The fraction of sp³-hybridized carbons (Fsp3) is 0.636. The lowest BCUT2D eigenvalue weighted by Gasteiger charge is -2.28. The van der Waals surface area contributed by atoms with Gasteiger partial charge in [0.15, 0.2) is 0 Å². The minimum atomic E-state index is 0.582. The van der Waals surface area contributed by atoms with Gasteiger partial charge in [-0.1, -0.05) is 30.2 Å². The van der Waals surface area contributed by atoms with Gasteiger partial charge in [0, 0.05) is 24.9 Å². The van der Waals surface area contributed by atoms with Crippen molar-refractivity contribution in [3.05, 3.63) is 23.8 Å². The maximum atomic E-state index is 5.58. The van der Waals surface area contributed by atoms with Crippen molar-refractivity contribution in [1.82, 2.24) is 4.31 Å². The van der Waals surface area contributed by atoms with Gasteiger partial charge in [-0.3, -0.25) is 0 Å². The zero-order chi connectivity index (χ0) is 10.5. The van der Waals surface area contributed by atoms with Crippen LogP contribution in [0.1, 0.15) is 6.42 Å². The molecule has 1 heterocycles. The third kappa shape index (κ3) is 3.34. The normalized spacial score (nSPS) is 27.8. The molecule has 0 aromatic rings. The van der Waals surface area contributed by atoms with E-state index in [1.165, 1.54) is 5.57 Å². The second-order valence-electron chi connectivity index (χ2n) is 3.76. The molecule has 0 bridgehead atoms. The predicted octanol–water partition coefficient (Wildman–Crippen LogP) is 1.18. The first kappa shape index (κ1) is 11.2. The van der Waals surface area contributed by atoms with Gasteiger partial charge in [-0.05, 0) is 12.0 Å². The maximum Gasteiger partial charge on any atom is 0.0603 e. The average molecular weight is 226 g/mol. The number of nitrogens with two attached hydrogens (primary N) is 1. The molecule has 2 aliphatic rings. The summed E-state index contributed by atoms with van der Waals surface area (Å²) >= 11 is 1.94. The van der Waals surface area contributed by atoms with Crippen LogP contribution in [-0.2, 0) is 4.74 Å². The van der Waals surface area contributed by atoms with Crippen LogP contribution in [0.25, 0.3) is 0 Å². The lowest BCUT2D eigenvalue weighted by atomic mass is 10.1. The molecule has 0 saturated carbocycles. The van der Waals surface area contributed by atoms with Gasteiger partial charge in [-0.15, -0.1) is 0 Å². The van der Waals surface area contributed by atoms with E-state index in [4.69, 9.17) is 10.5 Å². The van der Waals surface area contributed by atoms with Gasteiger partial charge < -0.3 is 10.5 Å². The summed E-state index contributed by atoms with van der Waals surface area (Å²) in [5.74, 6) is 0. The van der Waals surface area contributed by atoms with E-state index < -0.39 is 0 Å². The minimum Gasteiger partial charge on any atom is -0.379 e. The number of morpholine rings is 1. The van der Waals surface area contributed by atoms with Crippen LogP contribution in [-0.4, -0.2) is 42.4 Å². The zero-order valence-electron chi connectivity index (χ0n) is 8.89. The van der Waals surface area contributed by atoms with E-state index >= 15 is 0 Å². The molecule has 1 saturated heterocycles. The lowest BCUT2D eigenvalue weighted by molar-refractivity contribution is 0.0772. The van der Waals surface area contributed by atoms with E-state index in [1.54, 1.807) is 0 Å². The highest BCUT2D eigenvalue weighted by Crippen LogP contribution is 2.25. The van der Waals surface area contributed by atoms with E-state index in [0.29, 0.717) is 11.8 Å². The average Bonchev–Trinajstić information content (AvgIpc) is 2.31. The van der Waals surface area contributed by atoms with Crippen molar-refractivity contribution in [2.24, 2.45) is 5.73 Å². The van der Waals surface area contributed by atoms with Crippen molar-refractivity contribution in [3.8, 4) is 0 Å². The summed E-state index contributed by atoms with van der Waals surface area (Å²) in [6.45, 7) is 4.48. The molecule has 1 aliphatic heterocycles. The van der Waals surface area contributed by atoms with Crippen LogP contribution in [0.2, 0.25) is 0 Å². The van der Waals surface area contributed by atoms with Gasteiger partial charge in [-0.25, -0.2) is 4.31 Å². The van der Waals surface area contributed by atoms with Crippen LogP contribution in [0, 0.1) is 0 Å².